The summed E-state index contributed by atoms with van der Waals surface area (Å²) < 4.78 is 12.2. The van der Waals surface area contributed by atoms with E-state index in [4.69, 9.17) is 9.47 Å². The van der Waals surface area contributed by atoms with Gasteiger partial charge in [-0.2, -0.15) is 0 Å². The molecule has 0 amide bonds. The molecule has 1 aliphatic rings. The summed E-state index contributed by atoms with van der Waals surface area (Å²) in [5, 5.41) is 1.52. The zero-order chi connectivity index (χ0) is 20.4. The SMILES string of the molecule is CCOC(=O)/C=C1\CCCc2c1c1ccccc1c(=O)n2-c1ccc(OC)cc1. The highest BCUT2D eigenvalue weighted by molar-refractivity contribution is 6.00. The van der Waals surface area contributed by atoms with Gasteiger partial charge in [0.05, 0.1) is 13.7 Å². The molecule has 0 radical (unpaired) electrons. The molecule has 3 aromatic rings. The van der Waals surface area contributed by atoms with E-state index >= 15 is 0 Å². The molecule has 0 spiro atoms. The Morgan fingerprint density at radius 1 is 1.07 bits per heavy atom. The molecule has 0 fully saturated rings. The van der Waals surface area contributed by atoms with E-state index in [0.717, 1.165) is 52.9 Å². The minimum Gasteiger partial charge on any atom is -0.497 e. The van der Waals surface area contributed by atoms with Crippen molar-refractivity contribution in [2.45, 2.75) is 26.2 Å². The Balaban J connectivity index is 2.02. The predicted molar refractivity (Wildman–Crippen MR) is 114 cm³/mol. The van der Waals surface area contributed by atoms with Crippen molar-refractivity contribution in [3.63, 3.8) is 0 Å². The average molecular weight is 389 g/mol. The summed E-state index contributed by atoms with van der Waals surface area (Å²) in [6.07, 6.45) is 3.99. The van der Waals surface area contributed by atoms with Gasteiger partial charge in [0.25, 0.3) is 5.56 Å². The van der Waals surface area contributed by atoms with Crippen molar-refractivity contribution in [3.05, 3.63) is 76.2 Å². The lowest BCUT2D eigenvalue weighted by Gasteiger charge is -2.25. The number of rotatable bonds is 4. The van der Waals surface area contributed by atoms with E-state index in [2.05, 4.69) is 0 Å². The molecule has 1 heterocycles. The molecule has 2 aromatic carbocycles. The molecule has 0 bridgehead atoms. The van der Waals surface area contributed by atoms with Gasteiger partial charge >= 0.3 is 5.97 Å². The molecule has 1 aliphatic carbocycles. The summed E-state index contributed by atoms with van der Waals surface area (Å²) in [6.45, 7) is 2.13. The monoisotopic (exact) mass is 389 g/mol. The van der Waals surface area contributed by atoms with Gasteiger partial charge in [-0.05, 0) is 67.5 Å². The van der Waals surface area contributed by atoms with E-state index < -0.39 is 0 Å². The van der Waals surface area contributed by atoms with Crippen LogP contribution in [0.3, 0.4) is 0 Å². The Hall–Kier alpha value is -3.34. The molecule has 5 heteroatoms. The molecule has 4 rings (SSSR count). The number of esters is 1. The van der Waals surface area contributed by atoms with E-state index in [-0.39, 0.29) is 11.5 Å². The molecule has 0 saturated carbocycles. The Morgan fingerprint density at radius 2 is 1.79 bits per heavy atom. The number of aromatic nitrogens is 1. The second-order valence-electron chi connectivity index (χ2n) is 6.98. The Morgan fingerprint density at radius 3 is 2.48 bits per heavy atom. The average Bonchev–Trinajstić information content (AvgIpc) is 2.74. The van der Waals surface area contributed by atoms with Gasteiger partial charge in [-0.15, -0.1) is 0 Å². The minimum atomic E-state index is -0.346. The lowest BCUT2D eigenvalue weighted by Crippen LogP contribution is -2.26. The lowest BCUT2D eigenvalue weighted by molar-refractivity contribution is -0.137. The molecular formula is C24H23NO4. The van der Waals surface area contributed by atoms with Crippen LogP contribution in [-0.4, -0.2) is 24.3 Å². The first-order valence-corrected chi connectivity index (χ1v) is 9.82. The van der Waals surface area contributed by atoms with Crippen LogP contribution in [0.25, 0.3) is 22.0 Å². The topological polar surface area (TPSA) is 57.5 Å². The Bertz CT molecular complexity index is 1160. The number of methoxy groups -OCH3 is 1. The number of ether oxygens (including phenoxy) is 2. The smallest absolute Gasteiger partial charge is 0.331 e. The van der Waals surface area contributed by atoms with E-state index in [1.807, 2.05) is 48.5 Å². The van der Waals surface area contributed by atoms with Gasteiger partial charge in [0.1, 0.15) is 5.75 Å². The molecule has 29 heavy (non-hydrogen) atoms. The van der Waals surface area contributed by atoms with Crippen molar-refractivity contribution in [1.82, 2.24) is 4.57 Å². The Kier molecular flexibility index (Phi) is 5.21. The number of benzene rings is 2. The van der Waals surface area contributed by atoms with E-state index in [9.17, 15) is 9.59 Å². The van der Waals surface area contributed by atoms with E-state index in [0.29, 0.717) is 12.0 Å². The number of hydrogen-bond acceptors (Lipinski definition) is 4. The van der Waals surface area contributed by atoms with Crippen molar-refractivity contribution in [2.75, 3.05) is 13.7 Å². The lowest BCUT2D eigenvalue weighted by atomic mass is 9.86. The molecule has 0 N–H and O–H groups in total. The fourth-order valence-electron chi connectivity index (χ4n) is 4.04. The maximum atomic E-state index is 13.4. The molecule has 0 aliphatic heterocycles. The van der Waals surface area contributed by atoms with Crippen LogP contribution in [0.5, 0.6) is 5.75 Å². The number of fused-ring (bicyclic) bond motifs is 3. The van der Waals surface area contributed by atoms with Crippen molar-refractivity contribution >= 4 is 22.3 Å². The predicted octanol–water partition coefficient (Wildman–Crippen LogP) is 4.28. The van der Waals surface area contributed by atoms with Gasteiger partial charge in [0.2, 0.25) is 0 Å². The molecule has 0 unspecified atom stereocenters. The third kappa shape index (κ3) is 3.44. The summed E-state index contributed by atoms with van der Waals surface area (Å²) in [5.74, 6) is 0.390. The minimum absolute atomic E-state index is 0.0538. The second-order valence-corrected chi connectivity index (χ2v) is 6.98. The second kappa shape index (κ2) is 7.95. The summed E-state index contributed by atoms with van der Waals surface area (Å²) in [7, 11) is 1.62. The first-order valence-electron chi connectivity index (χ1n) is 9.82. The summed E-state index contributed by atoms with van der Waals surface area (Å²) in [5.41, 5.74) is 3.55. The number of pyridine rings is 1. The third-order valence-corrected chi connectivity index (χ3v) is 5.28. The fraction of sp³-hybridized carbons (Fsp3) is 0.250. The van der Waals surface area contributed by atoms with Crippen LogP contribution in [0, 0.1) is 0 Å². The van der Waals surface area contributed by atoms with Gasteiger partial charge < -0.3 is 9.47 Å². The van der Waals surface area contributed by atoms with Gasteiger partial charge in [-0.25, -0.2) is 4.79 Å². The highest BCUT2D eigenvalue weighted by atomic mass is 16.5. The van der Waals surface area contributed by atoms with Crippen LogP contribution < -0.4 is 10.3 Å². The van der Waals surface area contributed by atoms with Crippen LogP contribution in [0.15, 0.2) is 59.4 Å². The zero-order valence-electron chi connectivity index (χ0n) is 16.6. The van der Waals surface area contributed by atoms with Gasteiger partial charge in [0, 0.05) is 28.4 Å². The van der Waals surface area contributed by atoms with Gasteiger partial charge in [-0.1, -0.05) is 18.2 Å². The first-order chi connectivity index (χ1) is 14.1. The number of hydrogen-bond donors (Lipinski definition) is 0. The van der Waals surface area contributed by atoms with Crippen LogP contribution in [0.1, 0.15) is 31.0 Å². The molecule has 1 aromatic heterocycles. The molecule has 0 atom stereocenters. The molecule has 0 saturated heterocycles. The van der Waals surface area contributed by atoms with Crippen LogP contribution in [0.2, 0.25) is 0 Å². The first kappa shape index (κ1) is 19.0. The highest BCUT2D eigenvalue weighted by Gasteiger charge is 2.24. The zero-order valence-corrected chi connectivity index (χ0v) is 16.6. The van der Waals surface area contributed by atoms with Crippen molar-refractivity contribution in [2.24, 2.45) is 0 Å². The van der Waals surface area contributed by atoms with Gasteiger partial charge in [-0.3, -0.25) is 9.36 Å². The quantitative estimate of drug-likeness (QED) is 0.494. The largest absolute Gasteiger partial charge is 0.497 e. The number of carbonyl (C=O) groups is 1. The molecular weight excluding hydrogens is 366 g/mol. The standard InChI is InChI=1S/C24H23NO4/c1-3-29-22(26)15-16-7-6-10-21-23(16)19-8-4-5-9-20(19)24(27)25(21)17-11-13-18(28-2)14-12-17/h4-5,8-9,11-15H,3,6-7,10H2,1-2H3/b16-15+. The number of carbonyl (C=O) groups excluding carboxylic acids is 1. The van der Waals surface area contributed by atoms with Crippen LogP contribution >= 0.6 is 0 Å². The van der Waals surface area contributed by atoms with Gasteiger partial charge in [0.15, 0.2) is 0 Å². The third-order valence-electron chi connectivity index (χ3n) is 5.28. The number of nitrogens with zero attached hydrogens (tertiary/aromatic N) is 1. The Labute approximate surface area is 169 Å². The number of allylic oxidation sites excluding steroid dienone is 1. The molecule has 5 nitrogen and oxygen atoms in total. The summed E-state index contributed by atoms with van der Waals surface area (Å²) >= 11 is 0. The van der Waals surface area contributed by atoms with Crippen LogP contribution in [0.4, 0.5) is 0 Å². The highest BCUT2D eigenvalue weighted by Crippen LogP contribution is 2.36. The summed E-state index contributed by atoms with van der Waals surface area (Å²) in [6, 6.07) is 15.1. The van der Waals surface area contributed by atoms with E-state index in [1.165, 1.54) is 0 Å². The fourth-order valence-corrected chi connectivity index (χ4v) is 4.04. The van der Waals surface area contributed by atoms with Crippen LogP contribution in [-0.2, 0) is 16.0 Å². The van der Waals surface area contributed by atoms with E-state index in [1.54, 1.807) is 24.7 Å². The summed E-state index contributed by atoms with van der Waals surface area (Å²) in [4.78, 5) is 25.6. The maximum Gasteiger partial charge on any atom is 0.331 e. The normalized spacial score (nSPS) is 14.6. The van der Waals surface area contributed by atoms with Crippen molar-refractivity contribution in [3.8, 4) is 11.4 Å². The molecule has 148 valence electrons. The van der Waals surface area contributed by atoms with Crippen molar-refractivity contribution < 1.29 is 14.3 Å². The van der Waals surface area contributed by atoms with Crippen molar-refractivity contribution in [1.29, 1.82) is 0 Å². The maximum absolute atomic E-state index is 13.4.